The van der Waals surface area contributed by atoms with E-state index >= 15 is 0 Å². The number of ether oxygens (including phenoxy) is 3. The molecule has 10 heteroatoms. The van der Waals surface area contributed by atoms with Crippen LogP contribution in [0.5, 0.6) is 5.75 Å². The van der Waals surface area contributed by atoms with Crippen LogP contribution in [0.4, 0.5) is 5.82 Å². The lowest BCUT2D eigenvalue weighted by molar-refractivity contribution is -0.162. The average molecular weight is 591 g/mol. The summed E-state index contributed by atoms with van der Waals surface area (Å²) in [5.41, 5.74) is 1.66. The summed E-state index contributed by atoms with van der Waals surface area (Å²) < 4.78 is 16.7. The summed E-state index contributed by atoms with van der Waals surface area (Å²) in [5, 5.41) is 8.96. The van der Waals surface area contributed by atoms with Crippen molar-refractivity contribution < 1.29 is 28.6 Å². The van der Waals surface area contributed by atoms with Crippen LogP contribution in [-0.4, -0.2) is 72.2 Å². The van der Waals surface area contributed by atoms with Crippen molar-refractivity contribution in [2.24, 2.45) is 5.92 Å². The topological polar surface area (TPSA) is 122 Å². The van der Waals surface area contributed by atoms with E-state index in [-0.39, 0.29) is 18.1 Å². The third-order valence-electron chi connectivity index (χ3n) is 7.88. The fraction of sp³-hybridized carbons (Fsp3) is 0.545. The number of cyclic esters (lactones) is 1. The first-order valence-electron chi connectivity index (χ1n) is 15.2. The zero-order valence-electron chi connectivity index (χ0n) is 25.4. The summed E-state index contributed by atoms with van der Waals surface area (Å²) in [6.07, 6.45) is 4.48. The van der Waals surface area contributed by atoms with E-state index in [1.54, 1.807) is 26.1 Å². The molecule has 10 nitrogen and oxygen atoms in total. The van der Waals surface area contributed by atoms with Gasteiger partial charge in [0, 0.05) is 59.1 Å². The normalized spacial score (nSPS) is 18.6. The minimum atomic E-state index is -1.05. The fourth-order valence-corrected chi connectivity index (χ4v) is 5.59. The third kappa shape index (κ3) is 9.01. The van der Waals surface area contributed by atoms with Gasteiger partial charge in [-0.3, -0.25) is 9.59 Å². The van der Waals surface area contributed by atoms with E-state index < -0.39 is 23.8 Å². The van der Waals surface area contributed by atoms with Crippen molar-refractivity contribution in [1.29, 1.82) is 5.26 Å². The van der Waals surface area contributed by atoms with Gasteiger partial charge in [-0.05, 0) is 68.9 Å². The second-order valence-electron chi connectivity index (χ2n) is 11.5. The van der Waals surface area contributed by atoms with Crippen molar-refractivity contribution >= 4 is 23.5 Å². The van der Waals surface area contributed by atoms with Crippen LogP contribution in [0.25, 0.3) is 0 Å². The highest BCUT2D eigenvalue weighted by Crippen LogP contribution is 2.32. The van der Waals surface area contributed by atoms with Gasteiger partial charge in [-0.25, -0.2) is 9.78 Å². The average Bonchev–Trinajstić information content (AvgIpc) is 3.29. The molecule has 0 N–H and O–H groups in total. The van der Waals surface area contributed by atoms with Gasteiger partial charge in [-0.1, -0.05) is 12.1 Å². The summed E-state index contributed by atoms with van der Waals surface area (Å²) in [7, 11) is 0. The molecule has 2 aromatic rings. The standard InChI is InChI=1S/C33H42N4O6/c1-4-41-26-15-12-24(13-16-26)8-7-9-27(31-32(40)43-33(2,3)42-31)28(38)10-5-6-11-30(39)37-20-18-36(19-21-37)29-17-14-25(22-34)23-35-29/h12-17,23,27,31H,4-11,18-21H2,1-3H3/t27-,31-/m0/s1. The van der Waals surface area contributed by atoms with E-state index in [1.165, 1.54) is 0 Å². The highest BCUT2D eigenvalue weighted by molar-refractivity contribution is 5.89. The Morgan fingerprint density at radius 3 is 2.40 bits per heavy atom. The van der Waals surface area contributed by atoms with Gasteiger partial charge in [0.15, 0.2) is 6.10 Å². The number of nitrogens with zero attached hydrogens (tertiary/aromatic N) is 4. The summed E-state index contributed by atoms with van der Waals surface area (Å²) in [4.78, 5) is 47.1. The van der Waals surface area contributed by atoms with Crippen molar-refractivity contribution in [1.82, 2.24) is 9.88 Å². The molecule has 0 bridgehead atoms. The van der Waals surface area contributed by atoms with Gasteiger partial charge in [0.2, 0.25) is 11.7 Å². The maximum absolute atomic E-state index is 13.4. The van der Waals surface area contributed by atoms with Crippen LogP contribution in [0.15, 0.2) is 42.6 Å². The number of carbonyl (C=O) groups excluding carboxylic acids is 3. The zero-order valence-corrected chi connectivity index (χ0v) is 25.4. The Morgan fingerprint density at radius 1 is 1.07 bits per heavy atom. The molecule has 0 saturated carbocycles. The number of ketones is 1. The van der Waals surface area contributed by atoms with Gasteiger partial charge in [0.1, 0.15) is 23.4 Å². The van der Waals surface area contributed by atoms with Crippen molar-refractivity contribution in [3.05, 3.63) is 53.7 Å². The molecule has 0 unspecified atom stereocenters. The number of anilines is 1. The Kier molecular flexibility index (Phi) is 11.1. The van der Waals surface area contributed by atoms with Crippen molar-refractivity contribution in [3.63, 3.8) is 0 Å². The smallest absolute Gasteiger partial charge is 0.338 e. The highest BCUT2D eigenvalue weighted by atomic mass is 16.8. The van der Waals surface area contributed by atoms with Gasteiger partial charge in [0.25, 0.3) is 0 Å². The van der Waals surface area contributed by atoms with Crippen molar-refractivity contribution in [2.45, 2.75) is 77.6 Å². The van der Waals surface area contributed by atoms with Crippen LogP contribution < -0.4 is 9.64 Å². The molecule has 0 spiro atoms. The SMILES string of the molecule is CCOc1ccc(CCC[C@@H](C(=O)CCCCC(=O)N2CCN(c3ccc(C#N)cn3)CC2)[C@@H]2OC(C)(C)OC2=O)cc1. The van der Waals surface area contributed by atoms with Gasteiger partial charge < -0.3 is 24.0 Å². The Labute approximate surface area is 253 Å². The first-order chi connectivity index (χ1) is 20.7. The Bertz CT molecular complexity index is 1280. The van der Waals surface area contributed by atoms with Crippen LogP contribution in [0, 0.1) is 17.2 Å². The fourth-order valence-electron chi connectivity index (χ4n) is 5.59. The number of Topliss-reactive ketones (excluding diaryl/α,β-unsaturated/α-hetero) is 1. The van der Waals surface area contributed by atoms with Crippen molar-refractivity contribution in [3.8, 4) is 11.8 Å². The van der Waals surface area contributed by atoms with Crippen LogP contribution >= 0.6 is 0 Å². The molecule has 3 heterocycles. The number of pyridine rings is 1. The molecule has 2 atom stereocenters. The zero-order chi connectivity index (χ0) is 30.8. The van der Waals surface area contributed by atoms with Crippen LogP contribution in [0.1, 0.15) is 70.4 Å². The van der Waals surface area contributed by atoms with Crippen LogP contribution in [0.3, 0.4) is 0 Å². The predicted octanol–water partition coefficient (Wildman–Crippen LogP) is 4.45. The number of carbonyl (C=O) groups is 3. The Morgan fingerprint density at radius 2 is 1.79 bits per heavy atom. The molecule has 2 saturated heterocycles. The second kappa shape index (κ2) is 15.0. The van der Waals surface area contributed by atoms with E-state index in [9.17, 15) is 14.4 Å². The number of nitriles is 1. The lowest BCUT2D eigenvalue weighted by atomic mass is 9.88. The van der Waals surface area contributed by atoms with Crippen LogP contribution in [0.2, 0.25) is 0 Å². The molecular formula is C33H42N4O6. The third-order valence-corrected chi connectivity index (χ3v) is 7.88. The number of esters is 1. The van der Waals surface area contributed by atoms with Gasteiger partial charge in [-0.15, -0.1) is 0 Å². The van der Waals surface area contributed by atoms with Crippen molar-refractivity contribution in [2.75, 3.05) is 37.7 Å². The minimum absolute atomic E-state index is 0.0256. The molecule has 2 fully saturated rings. The quantitative estimate of drug-likeness (QED) is 0.232. The molecular weight excluding hydrogens is 548 g/mol. The summed E-state index contributed by atoms with van der Waals surface area (Å²) >= 11 is 0. The maximum Gasteiger partial charge on any atom is 0.338 e. The Balaban J connectivity index is 1.22. The molecule has 2 aliphatic rings. The van der Waals surface area contributed by atoms with E-state index in [0.717, 1.165) is 30.0 Å². The van der Waals surface area contributed by atoms with E-state index in [0.29, 0.717) is 64.0 Å². The molecule has 1 aromatic carbocycles. The number of amides is 1. The Hall–Kier alpha value is -3.97. The number of piperazine rings is 1. The summed E-state index contributed by atoms with van der Waals surface area (Å²) in [6, 6.07) is 13.6. The molecule has 43 heavy (non-hydrogen) atoms. The molecule has 4 rings (SSSR count). The number of unbranched alkanes of at least 4 members (excludes halogenated alkanes) is 1. The molecule has 0 radical (unpaired) electrons. The first kappa shape index (κ1) is 32.0. The number of hydrogen-bond donors (Lipinski definition) is 0. The number of hydrogen-bond acceptors (Lipinski definition) is 9. The molecule has 1 aromatic heterocycles. The molecule has 0 aliphatic carbocycles. The van der Waals surface area contributed by atoms with Gasteiger partial charge in [0.05, 0.1) is 18.1 Å². The number of aryl methyl sites for hydroxylation is 1. The minimum Gasteiger partial charge on any atom is -0.494 e. The number of rotatable bonds is 14. The highest BCUT2D eigenvalue weighted by Gasteiger charge is 2.46. The summed E-state index contributed by atoms with van der Waals surface area (Å²) in [5.74, 6) is -0.450. The van der Waals surface area contributed by atoms with E-state index in [1.807, 2.05) is 42.2 Å². The maximum atomic E-state index is 13.4. The second-order valence-corrected chi connectivity index (χ2v) is 11.5. The lowest BCUT2D eigenvalue weighted by Gasteiger charge is -2.35. The van der Waals surface area contributed by atoms with E-state index in [2.05, 4.69) is 16.0 Å². The summed E-state index contributed by atoms with van der Waals surface area (Å²) in [6.45, 7) is 8.48. The monoisotopic (exact) mass is 590 g/mol. The predicted molar refractivity (Wildman–Crippen MR) is 160 cm³/mol. The van der Waals surface area contributed by atoms with Gasteiger partial charge in [-0.2, -0.15) is 5.26 Å². The first-order valence-corrected chi connectivity index (χ1v) is 15.2. The molecule has 230 valence electrons. The number of benzene rings is 1. The largest absolute Gasteiger partial charge is 0.494 e. The number of aromatic nitrogens is 1. The van der Waals surface area contributed by atoms with E-state index in [4.69, 9.17) is 19.5 Å². The molecule has 1 amide bonds. The van der Waals surface area contributed by atoms with Gasteiger partial charge >= 0.3 is 5.97 Å². The van der Waals surface area contributed by atoms with Crippen LogP contribution in [-0.2, 0) is 30.3 Å². The lowest BCUT2D eigenvalue weighted by Crippen LogP contribution is -2.49. The molecule has 2 aliphatic heterocycles.